The first-order valence-corrected chi connectivity index (χ1v) is 9.48. The highest BCUT2D eigenvalue weighted by Crippen LogP contribution is 2.32. The van der Waals surface area contributed by atoms with E-state index < -0.39 is 7.92 Å². The Bertz CT molecular complexity index is 533. The third-order valence-electron chi connectivity index (χ3n) is 3.04. The Hall–Kier alpha value is -1.00. The lowest BCUT2D eigenvalue weighted by Crippen LogP contribution is -2.20. The minimum Gasteiger partial charge on any atom is -0.141 e. The molecule has 0 nitrogen and oxygen atoms in total. The van der Waals surface area contributed by atoms with Gasteiger partial charge in [-0.15, -0.1) is 26.2 Å². The SMILES string of the molecule is Br.CP.c1ccc(P(c2ccccc2)c2ccccc2)cc1. The zero-order chi connectivity index (χ0) is 14.9. The van der Waals surface area contributed by atoms with Crippen LogP contribution in [-0.4, -0.2) is 6.66 Å². The fourth-order valence-electron chi connectivity index (χ4n) is 2.18. The van der Waals surface area contributed by atoms with Crippen LogP contribution in [0.15, 0.2) is 91.0 Å². The van der Waals surface area contributed by atoms with Crippen molar-refractivity contribution in [1.29, 1.82) is 0 Å². The van der Waals surface area contributed by atoms with Gasteiger partial charge in [0.1, 0.15) is 0 Å². The van der Waals surface area contributed by atoms with Crippen LogP contribution in [-0.2, 0) is 0 Å². The van der Waals surface area contributed by atoms with Gasteiger partial charge in [-0.1, -0.05) is 97.7 Å². The number of hydrogen-bond donors (Lipinski definition) is 0. The summed E-state index contributed by atoms with van der Waals surface area (Å²) >= 11 is 0. The molecule has 3 rings (SSSR count). The lowest BCUT2D eigenvalue weighted by Gasteiger charge is -2.18. The van der Waals surface area contributed by atoms with Crippen molar-refractivity contribution in [3.63, 3.8) is 0 Å². The average Bonchev–Trinajstić information content (AvgIpc) is 2.60. The highest BCUT2D eigenvalue weighted by atomic mass is 79.9. The molecule has 0 heterocycles. The summed E-state index contributed by atoms with van der Waals surface area (Å²) < 4.78 is 0. The van der Waals surface area contributed by atoms with Crippen LogP contribution in [0.2, 0.25) is 0 Å². The molecular formula is C19H21BrP2. The molecule has 0 aliphatic rings. The van der Waals surface area contributed by atoms with Gasteiger partial charge in [-0.2, -0.15) is 0 Å². The van der Waals surface area contributed by atoms with Crippen LogP contribution in [0.3, 0.4) is 0 Å². The molecule has 22 heavy (non-hydrogen) atoms. The molecule has 0 saturated heterocycles. The second-order valence-electron chi connectivity index (χ2n) is 4.34. The van der Waals surface area contributed by atoms with Crippen LogP contribution in [0.4, 0.5) is 0 Å². The molecule has 0 radical (unpaired) electrons. The molecule has 0 aliphatic carbocycles. The fraction of sp³-hybridized carbons (Fsp3) is 0.0526. The van der Waals surface area contributed by atoms with Gasteiger partial charge in [0.2, 0.25) is 0 Å². The molecule has 0 bridgehead atoms. The summed E-state index contributed by atoms with van der Waals surface area (Å²) in [5.74, 6) is 0. The summed E-state index contributed by atoms with van der Waals surface area (Å²) in [5, 5.41) is 4.19. The molecule has 0 N–H and O–H groups in total. The molecule has 0 fully saturated rings. The summed E-state index contributed by atoms with van der Waals surface area (Å²) in [6, 6.07) is 32.3. The first-order valence-electron chi connectivity index (χ1n) is 6.98. The third kappa shape index (κ3) is 5.03. The molecular weight excluding hydrogens is 370 g/mol. The van der Waals surface area contributed by atoms with Gasteiger partial charge in [0.05, 0.1) is 0 Å². The van der Waals surface area contributed by atoms with Crippen LogP contribution in [0.25, 0.3) is 0 Å². The molecule has 114 valence electrons. The maximum atomic E-state index is 2.42. The van der Waals surface area contributed by atoms with Gasteiger partial charge in [-0.3, -0.25) is 0 Å². The number of benzene rings is 3. The molecule has 3 heteroatoms. The zero-order valence-corrected chi connectivity index (χ0v) is 16.4. The Morgan fingerprint density at radius 1 is 0.500 bits per heavy atom. The summed E-state index contributed by atoms with van der Waals surface area (Å²) in [4.78, 5) is 0. The van der Waals surface area contributed by atoms with Crippen molar-refractivity contribution in [3.8, 4) is 0 Å². The quantitative estimate of drug-likeness (QED) is 0.577. The molecule has 3 aromatic rings. The predicted octanol–water partition coefficient (Wildman–Crippen LogP) is 4.51. The van der Waals surface area contributed by atoms with E-state index in [2.05, 4.69) is 100 Å². The van der Waals surface area contributed by atoms with E-state index in [4.69, 9.17) is 0 Å². The standard InChI is InChI=1S/C18H15P.CH5P.BrH/c1-4-10-16(11-5-1)19(17-12-6-2-7-13-17)18-14-8-3-9-15-18;1-2;/h1-15H;2H2,1H3;1H. The Balaban J connectivity index is 0.000000775. The molecule has 0 aliphatic heterocycles. The summed E-state index contributed by atoms with van der Waals surface area (Å²) in [7, 11) is 1.97. The smallest absolute Gasteiger partial charge is 0.0134 e. The molecule has 0 aromatic heterocycles. The minimum absolute atomic E-state index is 0. The molecule has 3 aromatic carbocycles. The third-order valence-corrected chi connectivity index (χ3v) is 5.49. The van der Waals surface area contributed by atoms with E-state index in [1.165, 1.54) is 15.9 Å². The van der Waals surface area contributed by atoms with Gasteiger partial charge in [-0.05, 0) is 23.8 Å². The van der Waals surface area contributed by atoms with Crippen molar-refractivity contribution in [3.05, 3.63) is 91.0 Å². The van der Waals surface area contributed by atoms with Gasteiger partial charge in [0.15, 0.2) is 0 Å². The van der Waals surface area contributed by atoms with E-state index in [9.17, 15) is 0 Å². The van der Waals surface area contributed by atoms with Crippen LogP contribution < -0.4 is 15.9 Å². The highest BCUT2D eigenvalue weighted by molar-refractivity contribution is 8.93. The Morgan fingerprint density at radius 2 is 0.727 bits per heavy atom. The van der Waals surface area contributed by atoms with Crippen molar-refractivity contribution in [2.24, 2.45) is 0 Å². The maximum Gasteiger partial charge on any atom is -0.0134 e. The molecule has 0 spiro atoms. The van der Waals surface area contributed by atoms with Gasteiger partial charge < -0.3 is 0 Å². The number of rotatable bonds is 3. The molecule has 0 amide bonds. The molecule has 1 atom stereocenters. The van der Waals surface area contributed by atoms with E-state index in [0.717, 1.165) is 0 Å². The van der Waals surface area contributed by atoms with Gasteiger partial charge in [-0.25, -0.2) is 0 Å². The Labute approximate surface area is 147 Å². The average molecular weight is 391 g/mol. The first kappa shape index (κ1) is 19.0. The van der Waals surface area contributed by atoms with Gasteiger partial charge in [0.25, 0.3) is 0 Å². The number of halogens is 1. The highest BCUT2D eigenvalue weighted by Gasteiger charge is 2.14. The van der Waals surface area contributed by atoms with Crippen molar-refractivity contribution < 1.29 is 0 Å². The topological polar surface area (TPSA) is 0 Å². The summed E-state index contributed by atoms with van der Waals surface area (Å²) in [5.41, 5.74) is 0. The van der Waals surface area contributed by atoms with Gasteiger partial charge >= 0.3 is 0 Å². The van der Waals surface area contributed by atoms with E-state index in [1.807, 2.05) is 6.66 Å². The van der Waals surface area contributed by atoms with Crippen molar-refractivity contribution in [2.45, 2.75) is 0 Å². The predicted molar refractivity (Wildman–Crippen MR) is 111 cm³/mol. The number of hydrogen-bond acceptors (Lipinski definition) is 0. The maximum absolute atomic E-state index is 2.42. The first-order chi connectivity index (χ1) is 10.4. The lowest BCUT2D eigenvalue weighted by atomic mass is 10.4. The van der Waals surface area contributed by atoms with Gasteiger partial charge in [0, 0.05) is 0 Å². The summed E-state index contributed by atoms with van der Waals surface area (Å²) in [6.45, 7) is 1.92. The second kappa shape index (κ2) is 10.7. The lowest BCUT2D eigenvalue weighted by molar-refractivity contribution is 1.74. The van der Waals surface area contributed by atoms with Crippen molar-refractivity contribution >= 4 is 50.1 Å². The normalized spacial score (nSPS) is 9.41. The van der Waals surface area contributed by atoms with Crippen molar-refractivity contribution in [1.82, 2.24) is 0 Å². The second-order valence-corrected chi connectivity index (χ2v) is 6.56. The minimum atomic E-state index is -0.446. The van der Waals surface area contributed by atoms with Crippen LogP contribution in [0.5, 0.6) is 0 Å². The molecule has 0 saturated carbocycles. The van der Waals surface area contributed by atoms with Crippen LogP contribution in [0, 0.1) is 0 Å². The Morgan fingerprint density at radius 3 is 0.955 bits per heavy atom. The van der Waals surface area contributed by atoms with Crippen LogP contribution in [0.1, 0.15) is 0 Å². The van der Waals surface area contributed by atoms with E-state index in [1.54, 1.807) is 0 Å². The van der Waals surface area contributed by atoms with E-state index >= 15 is 0 Å². The zero-order valence-electron chi connectivity index (χ0n) is 12.6. The Kier molecular flexibility index (Phi) is 9.25. The van der Waals surface area contributed by atoms with E-state index in [0.29, 0.717) is 0 Å². The van der Waals surface area contributed by atoms with Crippen molar-refractivity contribution in [2.75, 3.05) is 6.66 Å². The van der Waals surface area contributed by atoms with E-state index in [-0.39, 0.29) is 17.0 Å². The largest absolute Gasteiger partial charge is 0.141 e. The summed E-state index contributed by atoms with van der Waals surface area (Å²) in [6.07, 6.45) is 0. The molecule has 1 unspecified atom stereocenters. The monoisotopic (exact) mass is 390 g/mol. The fourth-order valence-corrected chi connectivity index (χ4v) is 4.48. The van der Waals surface area contributed by atoms with Crippen LogP contribution >= 0.6 is 34.1 Å².